The molecule has 0 spiro atoms. The highest BCUT2D eigenvalue weighted by molar-refractivity contribution is 7.55. The Hall–Kier alpha value is 0.975. The Balaban J connectivity index is 5.17. The van der Waals surface area contributed by atoms with Crippen molar-refractivity contribution in [1.82, 2.24) is 0 Å². The zero-order chi connectivity index (χ0) is 17.8. The van der Waals surface area contributed by atoms with Crippen LogP contribution in [-0.4, -0.2) is 80.1 Å². The van der Waals surface area contributed by atoms with Crippen molar-refractivity contribution < 1.29 is 30.5 Å². The summed E-state index contributed by atoms with van der Waals surface area (Å²) in [6.45, 7) is 11.2. The van der Waals surface area contributed by atoms with Crippen LogP contribution in [0.5, 0.6) is 0 Å². The Kier molecular flexibility index (Phi) is 9.29. The third-order valence-corrected chi connectivity index (χ3v) is 41.8. The molecule has 0 aromatic heterocycles. The summed E-state index contributed by atoms with van der Waals surface area (Å²) in [4.78, 5) is 9.80. The fraction of sp³-hybridized carbons (Fsp3) is 1.00. The molecule has 0 aromatic rings. The SMILES string of the molecule is CO[Si](C)(C)[Si](O[Si])(O[SiH](C)[Si](=O)[Si](=O)O[Si](C)(C)C)[Si]O. The highest BCUT2D eigenvalue weighted by Crippen LogP contribution is 2.21. The molecule has 1 N–H and O–H groups in total. The molecule has 22 heavy (non-hydrogen) atoms. The van der Waals surface area contributed by atoms with E-state index in [1.54, 1.807) is 13.7 Å². The van der Waals surface area contributed by atoms with E-state index in [0.29, 0.717) is 0 Å². The van der Waals surface area contributed by atoms with Gasteiger partial charge in [-0.1, -0.05) is 0 Å². The van der Waals surface area contributed by atoms with E-state index in [1.807, 2.05) is 32.7 Å². The van der Waals surface area contributed by atoms with Gasteiger partial charge in [-0.05, 0) is 39.3 Å². The van der Waals surface area contributed by atoms with E-state index in [1.165, 1.54) is 0 Å². The molecular formula is C7H23O7Si8. The van der Waals surface area contributed by atoms with Gasteiger partial charge >= 0.3 is 23.8 Å². The van der Waals surface area contributed by atoms with Crippen LogP contribution in [-0.2, 0) is 25.7 Å². The van der Waals surface area contributed by atoms with E-state index >= 15 is 0 Å². The molecule has 0 heterocycles. The summed E-state index contributed by atoms with van der Waals surface area (Å²) in [5, 5.41) is 0. The average molecular weight is 444 g/mol. The molecule has 0 aromatic carbocycles. The Morgan fingerprint density at radius 1 is 1.18 bits per heavy atom. The maximum atomic E-state index is 12.4. The van der Waals surface area contributed by atoms with E-state index in [9.17, 15) is 13.7 Å². The second-order valence-electron chi connectivity index (χ2n) is 6.17. The summed E-state index contributed by atoms with van der Waals surface area (Å²) < 4.78 is 46.9. The average Bonchev–Trinajstić information content (AvgIpc) is 2.41. The van der Waals surface area contributed by atoms with Gasteiger partial charge in [-0.25, -0.2) is 0 Å². The fourth-order valence-electron chi connectivity index (χ4n) is 1.40. The predicted molar refractivity (Wildman–Crippen MR) is 96.5 cm³/mol. The summed E-state index contributed by atoms with van der Waals surface area (Å²) in [5.41, 5.74) is 0. The van der Waals surface area contributed by atoms with E-state index in [0.717, 1.165) is 0 Å². The maximum Gasteiger partial charge on any atom is 0.527 e. The smallest absolute Gasteiger partial charge is 0.527 e. The van der Waals surface area contributed by atoms with E-state index < -0.39 is 57.7 Å². The van der Waals surface area contributed by atoms with E-state index in [-0.39, 0.29) is 0 Å². The second kappa shape index (κ2) is 8.89. The van der Waals surface area contributed by atoms with Crippen LogP contribution in [0, 0.1) is 0 Å². The molecular weight excluding hydrogens is 421 g/mol. The van der Waals surface area contributed by atoms with Crippen LogP contribution in [0.4, 0.5) is 0 Å². The minimum Gasteiger partial charge on any atom is -0.578 e. The third kappa shape index (κ3) is 6.12. The van der Waals surface area contributed by atoms with Crippen molar-refractivity contribution in [2.24, 2.45) is 0 Å². The number of hydrogen-bond acceptors (Lipinski definition) is 7. The first-order valence-electron chi connectivity index (χ1n) is 6.62. The van der Waals surface area contributed by atoms with Crippen LogP contribution in [0.15, 0.2) is 0 Å². The van der Waals surface area contributed by atoms with Crippen LogP contribution in [0.1, 0.15) is 0 Å². The maximum absolute atomic E-state index is 12.4. The third-order valence-electron chi connectivity index (χ3n) is 2.91. The van der Waals surface area contributed by atoms with Crippen LogP contribution in [0.3, 0.4) is 0 Å². The van der Waals surface area contributed by atoms with Crippen molar-refractivity contribution in [3.8, 4) is 0 Å². The topological polar surface area (TPSA) is 91.3 Å². The fourth-order valence-corrected chi connectivity index (χ4v) is 39.7. The van der Waals surface area contributed by atoms with Gasteiger partial charge in [-0.15, -0.1) is 0 Å². The standard InChI is InChI=1S/C7H23O7Si8/c1-11-21(6,7)22(12-15,16-8)13-17(2)19(10)18(9)14-20(3,4)5/h8,17H,1-7H3. The first-order valence-corrected chi connectivity index (χ1v) is 25.3. The van der Waals surface area contributed by atoms with Crippen LogP contribution < -0.4 is 0 Å². The number of hydrogen-bond donors (Lipinski definition) is 1. The highest BCUT2D eigenvalue weighted by atomic mass is 29.7. The zero-order valence-corrected chi connectivity index (χ0v) is 22.1. The Morgan fingerprint density at radius 2 is 1.68 bits per heavy atom. The minimum absolute atomic E-state index is 0.582. The molecule has 7 nitrogen and oxygen atoms in total. The lowest BCUT2D eigenvalue weighted by atomic mass is 11.8. The molecule has 0 saturated heterocycles. The molecule has 0 aliphatic carbocycles. The lowest BCUT2D eigenvalue weighted by Crippen LogP contribution is -2.71. The molecule has 0 amide bonds. The summed E-state index contributed by atoms with van der Waals surface area (Å²) in [6, 6.07) is 0. The molecule has 2 atom stereocenters. The first-order chi connectivity index (χ1) is 9.85. The largest absolute Gasteiger partial charge is 0.578 e. The summed E-state index contributed by atoms with van der Waals surface area (Å²) in [6.07, 6.45) is 0. The summed E-state index contributed by atoms with van der Waals surface area (Å²) in [5.74, 6) is 0. The van der Waals surface area contributed by atoms with Crippen LogP contribution in [0.2, 0.25) is 39.3 Å². The minimum atomic E-state index is -3.07. The molecule has 2 unspecified atom stereocenters. The van der Waals surface area contributed by atoms with Crippen LogP contribution >= 0.6 is 0 Å². The van der Waals surface area contributed by atoms with Gasteiger partial charge in [-0.2, -0.15) is 0 Å². The predicted octanol–water partition coefficient (Wildman–Crippen LogP) is -0.714. The van der Waals surface area contributed by atoms with Gasteiger partial charge in [0.2, 0.25) is 35.2 Å². The first kappa shape index (κ1) is 23.0. The van der Waals surface area contributed by atoms with Gasteiger partial charge in [0.1, 0.15) is 0 Å². The Labute approximate surface area is 145 Å². The van der Waals surface area contributed by atoms with Gasteiger partial charge in [-0.3, -0.25) is 0 Å². The monoisotopic (exact) mass is 443 g/mol. The van der Waals surface area contributed by atoms with Crippen molar-refractivity contribution in [3.63, 3.8) is 0 Å². The molecule has 0 bridgehead atoms. The van der Waals surface area contributed by atoms with Gasteiger partial charge in [0.05, 0.1) is 0 Å². The summed E-state index contributed by atoms with van der Waals surface area (Å²) in [7, 11) is -11.0. The van der Waals surface area contributed by atoms with Crippen molar-refractivity contribution >= 4 is 68.2 Å². The van der Waals surface area contributed by atoms with Gasteiger partial charge in [0, 0.05) is 7.11 Å². The second-order valence-corrected chi connectivity index (χ2v) is 38.6. The van der Waals surface area contributed by atoms with Gasteiger partial charge in [0.15, 0.2) is 0 Å². The van der Waals surface area contributed by atoms with Gasteiger partial charge in [0.25, 0.3) is 9.28 Å². The van der Waals surface area contributed by atoms with E-state index in [4.69, 9.17) is 16.8 Å². The van der Waals surface area contributed by atoms with Crippen LogP contribution in [0.25, 0.3) is 0 Å². The van der Waals surface area contributed by atoms with Crippen molar-refractivity contribution in [2.75, 3.05) is 7.11 Å². The molecule has 5 radical (unpaired) electrons. The highest BCUT2D eigenvalue weighted by Gasteiger charge is 2.57. The molecule has 0 fully saturated rings. The van der Waals surface area contributed by atoms with Gasteiger partial charge < -0.3 is 30.5 Å². The molecule has 0 aliphatic heterocycles. The zero-order valence-electron chi connectivity index (χ0n) is 14.0. The molecule has 0 saturated carbocycles. The van der Waals surface area contributed by atoms with Crippen molar-refractivity contribution in [1.29, 1.82) is 0 Å². The Bertz CT molecular complexity index is 406. The van der Waals surface area contributed by atoms with E-state index in [2.05, 4.69) is 10.5 Å². The summed E-state index contributed by atoms with van der Waals surface area (Å²) >= 11 is 0. The molecule has 0 rings (SSSR count). The lowest BCUT2D eigenvalue weighted by Gasteiger charge is -2.39. The van der Waals surface area contributed by atoms with Crippen molar-refractivity contribution in [2.45, 2.75) is 39.3 Å². The molecule has 15 heteroatoms. The normalized spacial score (nSPS) is 16.8. The quantitative estimate of drug-likeness (QED) is 0.446. The Morgan fingerprint density at radius 3 is 2.00 bits per heavy atom. The van der Waals surface area contributed by atoms with Crippen molar-refractivity contribution in [3.05, 3.63) is 0 Å². The number of rotatable bonds is 10. The molecule has 125 valence electrons. The molecule has 0 aliphatic rings. The lowest BCUT2D eigenvalue weighted by molar-refractivity contribution is 0.383.